The largest absolute Gasteiger partial charge is 0.493 e. The van der Waals surface area contributed by atoms with Crippen LogP contribution in [0.15, 0.2) is 10.5 Å². The van der Waals surface area contributed by atoms with Gasteiger partial charge in [-0.25, -0.2) is 4.39 Å². The lowest BCUT2D eigenvalue weighted by Crippen LogP contribution is -2.12. The molecule has 0 fully saturated rings. The predicted octanol–water partition coefficient (Wildman–Crippen LogP) is 2.37. The third-order valence-corrected chi connectivity index (χ3v) is 3.12. The summed E-state index contributed by atoms with van der Waals surface area (Å²) in [5.41, 5.74) is 0.590. The first-order chi connectivity index (χ1) is 7.65. The molecule has 0 aliphatic carbocycles. The number of nitrogens with one attached hydrogen (secondary N) is 1. The van der Waals surface area contributed by atoms with Crippen molar-refractivity contribution < 1.29 is 13.9 Å². The van der Waals surface area contributed by atoms with E-state index < -0.39 is 0 Å². The highest BCUT2D eigenvalue weighted by Crippen LogP contribution is 2.39. The van der Waals surface area contributed by atoms with Gasteiger partial charge in [0.1, 0.15) is 5.82 Å². The Kier molecular flexibility index (Phi) is 5.02. The van der Waals surface area contributed by atoms with Crippen LogP contribution in [0.3, 0.4) is 0 Å². The lowest BCUT2D eigenvalue weighted by atomic mass is 10.1. The van der Waals surface area contributed by atoms with Gasteiger partial charge in [0.15, 0.2) is 11.5 Å². The number of hydrogen-bond donors (Lipinski definition) is 1. The maximum absolute atomic E-state index is 13.7. The summed E-state index contributed by atoms with van der Waals surface area (Å²) >= 11 is 3.34. The van der Waals surface area contributed by atoms with Gasteiger partial charge < -0.3 is 14.8 Å². The van der Waals surface area contributed by atoms with Gasteiger partial charge in [0.25, 0.3) is 0 Å². The quantitative estimate of drug-likeness (QED) is 0.903. The molecule has 1 aromatic carbocycles. The van der Waals surface area contributed by atoms with Crippen molar-refractivity contribution in [3.05, 3.63) is 21.9 Å². The molecule has 0 bridgehead atoms. The molecule has 0 saturated heterocycles. The Labute approximate surface area is 103 Å². The fraction of sp³-hybridized carbons (Fsp3) is 0.455. The minimum atomic E-state index is -0.292. The van der Waals surface area contributed by atoms with E-state index in [4.69, 9.17) is 9.47 Å². The van der Waals surface area contributed by atoms with E-state index in [1.165, 1.54) is 20.3 Å². The number of hydrogen-bond acceptors (Lipinski definition) is 3. The maximum atomic E-state index is 13.7. The fourth-order valence-electron chi connectivity index (χ4n) is 1.44. The first kappa shape index (κ1) is 13.3. The molecule has 90 valence electrons. The second-order valence-electron chi connectivity index (χ2n) is 3.24. The van der Waals surface area contributed by atoms with Gasteiger partial charge in [-0.15, -0.1) is 0 Å². The zero-order valence-electron chi connectivity index (χ0n) is 9.56. The summed E-state index contributed by atoms with van der Waals surface area (Å²) in [6.45, 7) is 0.699. The van der Waals surface area contributed by atoms with Gasteiger partial charge in [-0.1, -0.05) is 0 Å². The molecule has 0 aliphatic heterocycles. The molecule has 0 aliphatic rings. The van der Waals surface area contributed by atoms with Crippen molar-refractivity contribution >= 4 is 15.9 Å². The molecule has 0 radical (unpaired) electrons. The van der Waals surface area contributed by atoms with Crippen LogP contribution in [0.1, 0.15) is 5.56 Å². The SMILES string of the molecule is CNCCc1c(F)cc(OC)c(OC)c1Br. The van der Waals surface area contributed by atoms with Crippen LogP contribution < -0.4 is 14.8 Å². The van der Waals surface area contributed by atoms with Crippen molar-refractivity contribution in [2.75, 3.05) is 27.8 Å². The van der Waals surface area contributed by atoms with Gasteiger partial charge >= 0.3 is 0 Å². The summed E-state index contributed by atoms with van der Waals surface area (Å²) in [5, 5.41) is 2.98. The van der Waals surface area contributed by atoms with E-state index >= 15 is 0 Å². The van der Waals surface area contributed by atoms with Crippen molar-refractivity contribution in [1.29, 1.82) is 0 Å². The Hall–Kier alpha value is -0.810. The Morgan fingerprint density at radius 3 is 2.56 bits per heavy atom. The molecular formula is C11H15BrFNO2. The maximum Gasteiger partial charge on any atom is 0.175 e. The highest BCUT2D eigenvalue weighted by molar-refractivity contribution is 9.10. The lowest BCUT2D eigenvalue weighted by molar-refractivity contribution is 0.349. The Morgan fingerprint density at radius 1 is 1.38 bits per heavy atom. The highest BCUT2D eigenvalue weighted by atomic mass is 79.9. The molecule has 0 amide bonds. The lowest BCUT2D eigenvalue weighted by Gasteiger charge is -2.14. The Balaban J connectivity index is 3.18. The van der Waals surface area contributed by atoms with E-state index in [1.807, 2.05) is 7.05 Å². The Morgan fingerprint density at radius 2 is 2.06 bits per heavy atom. The fourth-order valence-corrected chi connectivity index (χ4v) is 2.18. The van der Waals surface area contributed by atoms with Crippen LogP contribution >= 0.6 is 15.9 Å². The summed E-state index contributed by atoms with van der Waals surface area (Å²) < 4.78 is 24.6. The monoisotopic (exact) mass is 291 g/mol. The van der Waals surface area contributed by atoms with E-state index in [2.05, 4.69) is 21.2 Å². The topological polar surface area (TPSA) is 30.5 Å². The van der Waals surface area contributed by atoms with E-state index in [0.29, 0.717) is 34.5 Å². The molecule has 0 heterocycles. The minimum absolute atomic E-state index is 0.292. The Bertz CT molecular complexity index is 371. The number of rotatable bonds is 5. The summed E-state index contributed by atoms with van der Waals surface area (Å²) in [7, 11) is 4.84. The van der Waals surface area contributed by atoms with Crippen LogP contribution in [0.25, 0.3) is 0 Å². The molecule has 3 nitrogen and oxygen atoms in total. The summed E-state index contributed by atoms with van der Waals surface area (Å²) in [6.07, 6.45) is 0.587. The predicted molar refractivity (Wildman–Crippen MR) is 64.8 cm³/mol. The van der Waals surface area contributed by atoms with Crippen LogP contribution in [-0.2, 0) is 6.42 Å². The molecule has 1 N–H and O–H groups in total. The third kappa shape index (κ3) is 2.65. The standard InChI is InChI=1S/C11H15BrFNO2/c1-14-5-4-7-8(13)6-9(15-2)11(16-3)10(7)12/h6,14H,4-5H2,1-3H3. The molecule has 0 aromatic heterocycles. The van der Waals surface area contributed by atoms with Gasteiger partial charge in [0.2, 0.25) is 0 Å². The second-order valence-corrected chi connectivity index (χ2v) is 4.03. The highest BCUT2D eigenvalue weighted by Gasteiger charge is 2.17. The molecule has 16 heavy (non-hydrogen) atoms. The van der Waals surface area contributed by atoms with Crippen LogP contribution in [0.2, 0.25) is 0 Å². The van der Waals surface area contributed by atoms with Gasteiger partial charge in [0.05, 0.1) is 18.7 Å². The van der Waals surface area contributed by atoms with Gasteiger partial charge in [-0.2, -0.15) is 0 Å². The first-order valence-electron chi connectivity index (χ1n) is 4.89. The van der Waals surface area contributed by atoms with Crippen molar-refractivity contribution in [3.8, 4) is 11.5 Å². The molecule has 0 spiro atoms. The zero-order valence-corrected chi connectivity index (χ0v) is 11.1. The van der Waals surface area contributed by atoms with Crippen LogP contribution in [0.4, 0.5) is 4.39 Å². The minimum Gasteiger partial charge on any atom is -0.493 e. The molecule has 0 saturated carbocycles. The summed E-state index contributed by atoms with van der Waals surface area (Å²) in [5.74, 6) is 0.620. The molecule has 0 unspecified atom stereocenters. The molecule has 0 atom stereocenters. The van der Waals surface area contributed by atoms with Crippen molar-refractivity contribution in [2.24, 2.45) is 0 Å². The smallest absolute Gasteiger partial charge is 0.175 e. The molecule has 5 heteroatoms. The average Bonchev–Trinajstić information content (AvgIpc) is 2.28. The van der Waals surface area contributed by atoms with E-state index in [-0.39, 0.29) is 5.82 Å². The van der Waals surface area contributed by atoms with Crippen molar-refractivity contribution in [2.45, 2.75) is 6.42 Å². The van der Waals surface area contributed by atoms with Crippen LogP contribution in [0, 0.1) is 5.82 Å². The van der Waals surface area contributed by atoms with Gasteiger partial charge in [-0.05, 0) is 35.9 Å². The normalized spacial score (nSPS) is 10.3. The molecule has 1 aromatic rings. The summed E-state index contributed by atoms with van der Waals surface area (Å²) in [4.78, 5) is 0. The van der Waals surface area contributed by atoms with E-state index in [0.717, 1.165) is 0 Å². The van der Waals surface area contributed by atoms with Crippen molar-refractivity contribution in [1.82, 2.24) is 5.32 Å². The average molecular weight is 292 g/mol. The van der Waals surface area contributed by atoms with Crippen LogP contribution in [-0.4, -0.2) is 27.8 Å². The first-order valence-corrected chi connectivity index (χ1v) is 5.68. The van der Waals surface area contributed by atoms with Gasteiger partial charge in [-0.3, -0.25) is 0 Å². The number of halogens is 2. The van der Waals surface area contributed by atoms with E-state index in [9.17, 15) is 4.39 Å². The van der Waals surface area contributed by atoms with Gasteiger partial charge in [0, 0.05) is 11.6 Å². The number of benzene rings is 1. The molecule has 1 rings (SSSR count). The van der Waals surface area contributed by atoms with E-state index in [1.54, 1.807) is 0 Å². The summed E-state index contributed by atoms with van der Waals surface area (Å²) in [6, 6.07) is 1.34. The molecular weight excluding hydrogens is 277 g/mol. The number of methoxy groups -OCH3 is 2. The number of ether oxygens (including phenoxy) is 2. The second kappa shape index (κ2) is 6.06. The van der Waals surface area contributed by atoms with Crippen molar-refractivity contribution in [3.63, 3.8) is 0 Å². The van der Waals surface area contributed by atoms with Crippen LogP contribution in [0.5, 0.6) is 11.5 Å². The number of likely N-dealkylation sites (N-methyl/N-ethyl adjacent to an activating group) is 1. The third-order valence-electron chi connectivity index (χ3n) is 2.28. The zero-order chi connectivity index (χ0) is 12.1.